The zero-order valence-corrected chi connectivity index (χ0v) is 13.1. The topological polar surface area (TPSA) is 63.4 Å². The van der Waals surface area contributed by atoms with Crippen molar-refractivity contribution in [3.8, 4) is 5.75 Å². The lowest BCUT2D eigenvalue weighted by Crippen LogP contribution is -2.45. The number of methoxy groups -OCH3 is 1. The van der Waals surface area contributed by atoms with Crippen LogP contribution in [0.25, 0.3) is 0 Å². The van der Waals surface area contributed by atoms with E-state index in [1.165, 1.54) is 5.56 Å². The predicted octanol–water partition coefficient (Wildman–Crippen LogP) is 1.79. The van der Waals surface area contributed by atoms with E-state index in [9.17, 15) is 0 Å². The number of aryl methyl sites for hydroxylation is 1. The molecule has 6 heteroatoms. The van der Waals surface area contributed by atoms with Crippen LogP contribution in [0.15, 0.2) is 28.8 Å². The number of rotatable bonds is 5. The van der Waals surface area contributed by atoms with E-state index < -0.39 is 0 Å². The van der Waals surface area contributed by atoms with Crippen molar-refractivity contribution in [2.45, 2.75) is 25.9 Å². The molecule has 1 aliphatic rings. The van der Waals surface area contributed by atoms with E-state index in [1.54, 1.807) is 7.11 Å². The summed E-state index contributed by atoms with van der Waals surface area (Å²) in [5.41, 5.74) is 1.19. The van der Waals surface area contributed by atoms with Gasteiger partial charge in [0.1, 0.15) is 5.75 Å². The highest BCUT2D eigenvalue weighted by Gasteiger charge is 2.27. The van der Waals surface area contributed by atoms with Crippen LogP contribution < -0.4 is 10.1 Å². The fourth-order valence-corrected chi connectivity index (χ4v) is 2.86. The molecule has 1 aromatic carbocycles. The summed E-state index contributed by atoms with van der Waals surface area (Å²) in [6.45, 7) is 5.50. The van der Waals surface area contributed by atoms with Gasteiger partial charge in [0.2, 0.25) is 5.89 Å². The van der Waals surface area contributed by atoms with Gasteiger partial charge in [-0.1, -0.05) is 30.3 Å². The van der Waals surface area contributed by atoms with E-state index in [0.717, 1.165) is 37.6 Å². The summed E-state index contributed by atoms with van der Waals surface area (Å²) in [6.07, 6.45) is 0.768. The SMILES string of the molecule is CCc1nc(CN2CCNCC2c2ccccc2OC)no1. The van der Waals surface area contributed by atoms with Crippen LogP contribution in [-0.2, 0) is 13.0 Å². The first kappa shape index (κ1) is 15.0. The normalized spacial score (nSPS) is 19.3. The third-order valence-electron chi connectivity index (χ3n) is 4.01. The highest BCUT2D eigenvalue weighted by molar-refractivity contribution is 5.36. The monoisotopic (exact) mass is 302 g/mol. The number of hydrogen-bond donors (Lipinski definition) is 1. The third-order valence-corrected chi connectivity index (χ3v) is 4.01. The van der Waals surface area contributed by atoms with Crippen molar-refractivity contribution >= 4 is 0 Å². The molecule has 0 amide bonds. The Morgan fingerprint density at radius 3 is 3.05 bits per heavy atom. The zero-order valence-electron chi connectivity index (χ0n) is 13.1. The molecular weight excluding hydrogens is 280 g/mol. The average molecular weight is 302 g/mol. The first-order valence-electron chi connectivity index (χ1n) is 7.71. The van der Waals surface area contributed by atoms with Crippen molar-refractivity contribution in [1.29, 1.82) is 0 Å². The van der Waals surface area contributed by atoms with E-state index in [1.807, 2.05) is 25.1 Å². The molecule has 1 aliphatic heterocycles. The Morgan fingerprint density at radius 2 is 2.27 bits per heavy atom. The van der Waals surface area contributed by atoms with Crippen LogP contribution >= 0.6 is 0 Å². The van der Waals surface area contributed by atoms with E-state index >= 15 is 0 Å². The summed E-state index contributed by atoms with van der Waals surface area (Å²) in [4.78, 5) is 6.80. The molecule has 1 saturated heterocycles. The number of piperazine rings is 1. The van der Waals surface area contributed by atoms with E-state index in [-0.39, 0.29) is 6.04 Å². The summed E-state index contributed by atoms with van der Waals surface area (Å²) < 4.78 is 10.7. The number of nitrogens with zero attached hydrogens (tertiary/aromatic N) is 3. The molecule has 118 valence electrons. The minimum Gasteiger partial charge on any atom is -0.496 e. The Balaban J connectivity index is 1.81. The van der Waals surface area contributed by atoms with Gasteiger partial charge < -0.3 is 14.6 Å². The fraction of sp³-hybridized carbons (Fsp3) is 0.500. The standard InChI is InChI=1S/C16H22N4O2/c1-3-16-18-15(19-22-16)11-20-9-8-17-10-13(20)12-6-4-5-7-14(12)21-2/h4-7,13,17H,3,8-11H2,1-2H3. The molecule has 2 aromatic rings. The molecule has 0 bridgehead atoms. The van der Waals surface area contributed by atoms with E-state index in [2.05, 4.69) is 26.4 Å². The maximum absolute atomic E-state index is 5.51. The van der Waals surface area contributed by atoms with E-state index in [0.29, 0.717) is 12.4 Å². The minimum atomic E-state index is 0.244. The second kappa shape index (κ2) is 6.89. The Bertz CT molecular complexity index is 614. The lowest BCUT2D eigenvalue weighted by Gasteiger charge is -2.36. The highest BCUT2D eigenvalue weighted by atomic mass is 16.5. The Kier molecular flexibility index (Phi) is 4.70. The average Bonchev–Trinajstić information content (AvgIpc) is 3.03. The predicted molar refractivity (Wildman–Crippen MR) is 82.7 cm³/mol. The second-order valence-electron chi connectivity index (χ2n) is 5.39. The third kappa shape index (κ3) is 3.13. The molecule has 1 aromatic heterocycles. The molecule has 0 radical (unpaired) electrons. The number of para-hydroxylation sites is 1. The molecule has 1 fully saturated rings. The van der Waals surface area contributed by atoms with Crippen LogP contribution in [0.4, 0.5) is 0 Å². The molecule has 1 unspecified atom stereocenters. The van der Waals surface area contributed by atoms with Crippen LogP contribution in [0.2, 0.25) is 0 Å². The van der Waals surface area contributed by atoms with Gasteiger partial charge >= 0.3 is 0 Å². The van der Waals surface area contributed by atoms with Gasteiger partial charge in [0.15, 0.2) is 5.82 Å². The van der Waals surface area contributed by atoms with Gasteiger partial charge in [-0.15, -0.1) is 0 Å². The maximum Gasteiger partial charge on any atom is 0.226 e. The first-order chi connectivity index (χ1) is 10.8. The molecule has 6 nitrogen and oxygen atoms in total. The molecule has 0 aliphatic carbocycles. The molecule has 22 heavy (non-hydrogen) atoms. The molecule has 0 saturated carbocycles. The van der Waals surface area contributed by atoms with Crippen LogP contribution in [0.1, 0.15) is 30.2 Å². The summed E-state index contributed by atoms with van der Waals surface area (Å²) in [6, 6.07) is 8.42. The largest absolute Gasteiger partial charge is 0.496 e. The number of ether oxygens (including phenoxy) is 1. The molecule has 3 rings (SSSR count). The van der Waals surface area contributed by atoms with Crippen molar-refractivity contribution in [2.75, 3.05) is 26.7 Å². The molecule has 1 atom stereocenters. The van der Waals surface area contributed by atoms with Crippen LogP contribution in [0.5, 0.6) is 5.75 Å². The summed E-state index contributed by atoms with van der Waals surface area (Å²) in [5.74, 6) is 2.36. The van der Waals surface area contributed by atoms with Gasteiger partial charge in [0.05, 0.1) is 19.7 Å². The fourth-order valence-electron chi connectivity index (χ4n) is 2.86. The van der Waals surface area contributed by atoms with Crippen molar-refractivity contribution < 1.29 is 9.26 Å². The zero-order chi connectivity index (χ0) is 15.4. The van der Waals surface area contributed by atoms with Gasteiger partial charge in [-0.05, 0) is 6.07 Å². The number of nitrogens with one attached hydrogen (secondary N) is 1. The lowest BCUT2D eigenvalue weighted by atomic mass is 10.0. The second-order valence-corrected chi connectivity index (χ2v) is 5.39. The van der Waals surface area contributed by atoms with Crippen molar-refractivity contribution in [3.63, 3.8) is 0 Å². The number of hydrogen-bond acceptors (Lipinski definition) is 6. The van der Waals surface area contributed by atoms with Gasteiger partial charge in [-0.25, -0.2) is 0 Å². The highest BCUT2D eigenvalue weighted by Crippen LogP contribution is 2.30. The maximum atomic E-state index is 5.51. The van der Waals surface area contributed by atoms with Gasteiger partial charge in [-0.2, -0.15) is 4.98 Å². The van der Waals surface area contributed by atoms with Gasteiger partial charge in [0.25, 0.3) is 0 Å². The van der Waals surface area contributed by atoms with Crippen molar-refractivity contribution in [1.82, 2.24) is 20.4 Å². The lowest BCUT2D eigenvalue weighted by molar-refractivity contribution is 0.146. The number of benzene rings is 1. The molecule has 0 spiro atoms. The van der Waals surface area contributed by atoms with Gasteiger partial charge in [0, 0.05) is 31.6 Å². The first-order valence-corrected chi connectivity index (χ1v) is 7.71. The van der Waals surface area contributed by atoms with Crippen LogP contribution in [0, 0.1) is 0 Å². The summed E-state index contributed by atoms with van der Waals surface area (Å²) in [7, 11) is 1.71. The quantitative estimate of drug-likeness (QED) is 0.908. The van der Waals surface area contributed by atoms with Gasteiger partial charge in [-0.3, -0.25) is 4.90 Å². The molecule has 1 N–H and O–H groups in total. The Morgan fingerprint density at radius 1 is 1.41 bits per heavy atom. The summed E-state index contributed by atoms with van der Waals surface area (Å²) >= 11 is 0. The smallest absolute Gasteiger partial charge is 0.226 e. The van der Waals surface area contributed by atoms with Crippen LogP contribution in [-0.4, -0.2) is 41.8 Å². The number of aromatic nitrogens is 2. The Labute approximate surface area is 130 Å². The molecular formula is C16H22N4O2. The minimum absolute atomic E-state index is 0.244. The van der Waals surface area contributed by atoms with Crippen molar-refractivity contribution in [2.24, 2.45) is 0 Å². The van der Waals surface area contributed by atoms with Crippen molar-refractivity contribution in [3.05, 3.63) is 41.5 Å². The van der Waals surface area contributed by atoms with E-state index in [4.69, 9.17) is 9.26 Å². The Hall–Kier alpha value is -1.92. The summed E-state index contributed by atoms with van der Waals surface area (Å²) in [5, 5.41) is 7.53. The molecule has 2 heterocycles. The van der Waals surface area contributed by atoms with Crippen LogP contribution in [0.3, 0.4) is 0 Å².